The maximum Gasteiger partial charge on any atom is 0.356 e. The summed E-state index contributed by atoms with van der Waals surface area (Å²) in [5, 5.41) is 19.3. The maximum atomic E-state index is 11.4. The second-order valence-corrected chi connectivity index (χ2v) is 6.78. The van der Waals surface area contributed by atoms with Gasteiger partial charge < -0.3 is 19.7 Å². The Hall–Kier alpha value is -1.40. The largest absolute Gasteiger partial charge is 0.476 e. The molecule has 0 aromatic carbocycles. The lowest BCUT2D eigenvalue weighted by atomic mass is 9.94. The zero-order valence-electron chi connectivity index (χ0n) is 13.3. The quantitative estimate of drug-likeness (QED) is 0.884. The Bertz CT molecular complexity index is 559. The van der Waals surface area contributed by atoms with Gasteiger partial charge in [0.15, 0.2) is 5.69 Å². The van der Waals surface area contributed by atoms with Crippen molar-refractivity contribution in [2.24, 2.45) is 0 Å². The molecule has 2 aliphatic rings. The van der Waals surface area contributed by atoms with Crippen molar-refractivity contribution in [3.8, 4) is 0 Å². The molecule has 1 unspecified atom stereocenters. The molecule has 6 nitrogen and oxygen atoms in total. The number of likely N-dealkylation sites (tertiary alicyclic amines) is 1. The van der Waals surface area contributed by atoms with Gasteiger partial charge in [-0.25, -0.2) is 9.78 Å². The Morgan fingerprint density at radius 1 is 1.27 bits per heavy atom. The first-order chi connectivity index (χ1) is 10.5. The van der Waals surface area contributed by atoms with Crippen LogP contribution in [-0.4, -0.2) is 55.9 Å². The molecule has 1 atom stereocenters. The lowest BCUT2D eigenvalue weighted by Gasteiger charge is -2.35. The standard InChI is InChI=1S/C16H25N3O3/c1-10(2)18-7-5-11(6-8-18)15-17-14(16(21)22)13-4-3-12(20)9-19(13)15/h10-12,20H,3-9H2,1-2H3,(H,21,22). The molecule has 3 rings (SSSR count). The van der Waals surface area contributed by atoms with Crippen molar-refractivity contribution in [2.45, 2.75) is 64.1 Å². The first-order valence-electron chi connectivity index (χ1n) is 8.22. The Morgan fingerprint density at radius 2 is 1.95 bits per heavy atom. The zero-order chi connectivity index (χ0) is 15.9. The summed E-state index contributed by atoms with van der Waals surface area (Å²) < 4.78 is 1.98. The van der Waals surface area contributed by atoms with Crippen molar-refractivity contribution in [2.75, 3.05) is 13.1 Å². The van der Waals surface area contributed by atoms with Crippen LogP contribution >= 0.6 is 0 Å². The van der Waals surface area contributed by atoms with Crippen LogP contribution < -0.4 is 0 Å². The van der Waals surface area contributed by atoms with Crippen LogP contribution in [0.15, 0.2) is 0 Å². The van der Waals surface area contributed by atoms with Gasteiger partial charge in [-0.3, -0.25) is 0 Å². The van der Waals surface area contributed by atoms with E-state index in [9.17, 15) is 15.0 Å². The van der Waals surface area contributed by atoms with Crippen molar-refractivity contribution < 1.29 is 15.0 Å². The molecule has 3 heterocycles. The third kappa shape index (κ3) is 2.77. The predicted molar refractivity (Wildman–Crippen MR) is 82.2 cm³/mol. The van der Waals surface area contributed by atoms with Crippen LogP contribution in [-0.2, 0) is 13.0 Å². The smallest absolute Gasteiger partial charge is 0.356 e. The Kier molecular flexibility index (Phi) is 4.23. The molecule has 1 saturated heterocycles. The number of piperidine rings is 1. The van der Waals surface area contributed by atoms with Crippen molar-refractivity contribution in [3.05, 3.63) is 17.2 Å². The molecular weight excluding hydrogens is 282 g/mol. The SMILES string of the molecule is CC(C)N1CCC(c2nc(C(=O)O)c3n2CC(O)CC3)CC1. The third-order valence-corrected chi connectivity index (χ3v) is 5.04. The first kappa shape index (κ1) is 15.5. The summed E-state index contributed by atoms with van der Waals surface area (Å²) in [5.74, 6) is 0.215. The van der Waals surface area contributed by atoms with Crippen molar-refractivity contribution in [3.63, 3.8) is 0 Å². The highest BCUT2D eigenvalue weighted by Crippen LogP contribution is 2.32. The summed E-state index contributed by atoms with van der Waals surface area (Å²) in [4.78, 5) is 18.3. The highest BCUT2D eigenvalue weighted by Gasteiger charge is 2.32. The molecule has 2 N–H and O–H groups in total. The molecular formula is C16H25N3O3. The van der Waals surface area contributed by atoms with Crippen LogP contribution in [0.3, 0.4) is 0 Å². The van der Waals surface area contributed by atoms with Crippen LogP contribution in [0.25, 0.3) is 0 Å². The van der Waals surface area contributed by atoms with Gasteiger partial charge in [0.2, 0.25) is 0 Å². The van der Waals surface area contributed by atoms with E-state index < -0.39 is 12.1 Å². The minimum absolute atomic E-state index is 0.188. The van der Waals surface area contributed by atoms with E-state index in [-0.39, 0.29) is 5.69 Å². The molecule has 0 aliphatic carbocycles. The van der Waals surface area contributed by atoms with Gasteiger partial charge in [-0.05, 0) is 52.6 Å². The molecule has 0 radical (unpaired) electrons. The summed E-state index contributed by atoms with van der Waals surface area (Å²) >= 11 is 0. The van der Waals surface area contributed by atoms with Gasteiger partial charge in [0.05, 0.1) is 18.3 Å². The van der Waals surface area contributed by atoms with E-state index >= 15 is 0 Å². The molecule has 1 fully saturated rings. The van der Waals surface area contributed by atoms with E-state index in [0.717, 1.165) is 37.4 Å². The topological polar surface area (TPSA) is 78.6 Å². The van der Waals surface area contributed by atoms with Gasteiger partial charge in [-0.1, -0.05) is 0 Å². The number of hydrogen-bond donors (Lipinski definition) is 2. The monoisotopic (exact) mass is 307 g/mol. The number of hydrogen-bond acceptors (Lipinski definition) is 4. The molecule has 1 aromatic rings. The number of carbonyl (C=O) groups is 1. The summed E-state index contributed by atoms with van der Waals surface area (Å²) in [6.45, 7) is 6.94. The second-order valence-electron chi connectivity index (χ2n) is 6.78. The lowest BCUT2D eigenvalue weighted by Crippen LogP contribution is -2.38. The molecule has 0 saturated carbocycles. The summed E-state index contributed by atoms with van der Waals surface area (Å²) in [7, 11) is 0. The summed E-state index contributed by atoms with van der Waals surface area (Å²) in [5.41, 5.74) is 0.979. The molecule has 2 aliphatic heterocycles. The third-order valence-electron chi connectivity index (χ3n) is 5.04. The molecule has 6 heteroatoms. The number of aromatic carboxylic acids is 1. The highest BCUT2D eigenvalue weighted by molar-refractivity contribution is 5.87. The van der Waals surface area contributed by atoms with Gasteiger partial charge in [-0.15, -0.1) is 0 Å². The van der Waals surface area contributed by atoms with E-state index in [2.05, 4.69) is 23.7 Å². The van der Waals surface area contributed by atoms with Crippen LogP contribution in [0.2, 0.25) is 0 Å². The Morgan fingerprint density at radius 3 is 2.55 bits per heavy atom. The van der Waals surface area contributed by atoms with Crippen LogP contribution in [0.1, 0.15) is 61.0 Å². The van der Waals surface area contributed by atoms with Gasteiger partial charge in [0.1, 0.15) is 5.82 Å². The van der Waals surface area contributed by atoms with Crippen molar-refractivity contribution in [1.29, 1.82) is 0 Å². The van der Waals surface area contributed by atoms with Gasteiger partial charge >= 0.3 is 5.97 Å². The van der Waals surface area contributed by atoms with Crippen LogP contribution in [0.4, 0.5) is 0 Å². The zero-order valence-corrected chi connectivity index (χ0v) is 13.3. The number of carboxylic acid groups (broad SMARTS) is 1. The summed E-state index contributed by atoms with van der Waals surface area (Å²) in [6.07, 6.45) is 2.84. The van der Waals surface area contributed by atoms with E-state index in [1.807, 2.05) is 4.57 Å². The fraction of sp³-hybridized carbons (Fsp3) is 0.750. The number of nitrogens with zero attached hydrogens (tertiary/aromatic N) is 3. The average Bonchev–Trinajstić information content (AvgIpc) is 2.86. The fourth-order valence-electron chi connectivity index (χ4n) is 3.72. The number of aromatic nitrogens is 2. The highest BCUT2D eigenvalue weighted by atomic mass is 16.4. The number of imidazole rings is 1. The number of aliphatic hydroxyl groups is 1. The minimum atomic E-state index is -0.953. The molecule has 0 bridgehead atoms. The van der Waals surface area contributed by atoms with E-state index in [1.54, 1.807) is 0 Å². The molecule has 0 amide bonds. The van der Waals surface area contributed by atoms with E-state index in [0.29, 0.717) is 31.3 Å². The number of fused-ring (bicyclic) bond motifs is 1. The minimum Gasteiger partial charge on any atom is -0.476 e. The van der Waals surface area contributed by atoms with Crippen molar-refractivity contribution in [1.82, 2.24) is 14.5 Å². The number of carboxylic acids is 1. The van der Waals surface area contributed by atoms with Crippen molar-refractivity contribution >= 4 is 5.97 Å². The first-order valence-corrected chi connectivity index (χ1v) is 8.22. The van der Waals surface area contributed by atoms with Crippen LogP contribution in [0, 0.1) is 0 Å². The number of rotatable bonds is 3. The van der Waals surface area contributed by atoms with E-state index in [1.165, 1.54) is 0 Å². The van der Waals surface area contributed by atoms with Gasteiger partial charge in [0, 0.05) is 12.0 Å². The molecule has 1 aromatic heterocycles. The Labute approximate surface area is 130 Å². The lowest BCUT2D eigenvalue weighted by molar-refractivity contribution is 0.0686. The van der Waals surface area contributed by atoms with Gasteiger partial charge in [-0.2, -0.15) is 0 Å². The van der Waals surface area contributed by atoms with Crippen LogP contribution in [0.5, 0.6) is 0 Å². The summed E-state index contributed by atoms with van der Waals surface area (Å²) in [6, 6.07) is 0.548. The van der Waals surface area contributed by atoms with E-state index in [4.69, 9.17) is 0 Å². The van der Waals surface area contributed by atoms with Gasteiger partial charge in [0.25, 0.3) is 0 Å². The fourth-order valence-corrected chi connectivity index (χ4v) is 3.72. The normalized spacial score (nSPS) is 23.7. The molecule has 0 spiro atoms. The molecule has 122 valence electrons. The Balaban J connectivity index is 1.86. The predicted octanol–water partition coefficient (Wildman–Crippen LogP) is 1.48. The molecule has 22 heavy (non-hydrogen) atoms. The maximum absolute atomic E-state index is 11.4. The number of aliphatic hydroxyl groups excluding tert-OH is 1. The average molecular weight is 307 g/mol. The second kappa shape index (κ2) is 6.01.